The molecule has 2 aromatic carbocycles. The van der Waals surface area contributed by atoms with Crippen LogP contribution in [0, 0.1) is 36.5 Å². The monoisotopic (exact) mass is 644 g/mol. The van der Waals surface area contributed by atoms with E-state index in [1.165, 1.54) is 32.2 Å². The molecule has 46 heavy (non-hydrogen) atoms. The number of carbonyl (C=O) groups excluding carboxylic acids is 4. The van der Waals surface area contributed by atoms with Crippen LogP contribution in [0.3, 0.4) is 0 Å². The first-order valence-corrected chi connectivity index (χ1v) is 14.3. The van der Waals surface area contributed by atoms with Crippen molar-refractivity contribution in [2.75, 3.05) is 20.3 Å². The molecule has 15 heteroatoms. The lowest BCUT2D eigenvalue weighted by Crippen LogP contribution is -2.45. The Morgan fingerprint density at radius 1 is 0.848 bits per heavy atom. The third-order valence-corrected chi connectivity index (χ3v) is 7.93. The second-order valence-corrected chi connectivity index (χ2v) is 12.1. The molecule has 0 saturated carbocycles. The van der Waals surface area contributed by atoms with Crippen LogP contribution >= 0.6 is 0 Å². The standard InChI is InChI=1S/C31H36N2O13/c1-7-30(4,27(36)45-20-8-10-23(32(38)39)19(14-20)16-34)18-31(5,17-29(2,3)26(35)42-6)28(37)46-21-9-11-24(33(40)41)22(15-21)25-43-12-13-44-25/h8-11,14-16,25H,7,12-13,17-18H2,1-6H3. The maximum Gasteiger partial charge on any atom is 0.317 e. The zero-order valence-electron chi connectivity index (χ0n) is 26.4. The van der Waals surface area contributed by atoms with Gasteiger partial charge >= 0.3 is 17.9 Å². The predicted molar refractivity (Wildman–Crippen MR) is 159 cm³/mol. The van der Waals surface area contributed by atoms with E-state index < -0.39 is 56.0 Å². The Morgan fingerprint density at radius 3 is 1.87 bits per heavy atom. The van der Waals surface area contributed by atoms with Gasteiger partial charge in [-0.05, 0) is 71.2 Å². The molecule has 0 radical (unpaired) electrons. The van der Waals surface area contributed by atoms with Gasteiger partial charge in [-0.25, -0.2) is 0 Å². The summed E-state index contributed by atoms with van der Waals surface area (Å²) in [5.74, 6) is -2.44. The topological polar surface area (TPSA) is 201 Å². The van der Waals surface area contributed by atoms with Crippen LogP contribution in [-0.2, 0) is 28.6 Å². The van der Waals surface area contributed by atoms with Crippen molar-refractivity contribution in [1.29, 1.82) is 0 Å². The Morgan fingerprint density at radius 2 is 1.37 bits per heavy atom. The fourth-order valence-electron chi connectivity index (χ4n) is 5.54. The minimum Gasteiger partial charge on any atom is -0.469 e. The molecule has 2 aromatic rings. The summed E-state index contributed by atoms with van der Waals surface area (Å²) >= 11 is 0. The molecule has 1 saturated heterocycles. The summed E-state index contributed by atoms with van der Waals surface area (Å²) in [4.78, 5) is 73.2. The van der Waals surface area contributed by atoms with Crippen LogP contribution in [-0.4, -0.2) is 54.4 Å². The average molecular weight is 645 g/mol. The van der Waals surface area contributed by atoms with Gasteiger partial charge < -0.3 is 23.7 Å². The molecule has 1 aliphatic heterocycles. The Labute approximate surface area is 264 Å². The van der Waals surface area contributed by atoms with E-state index in [4.69, 9.17) is 23.7 Å². The van der Waals surface area contributed by atoms with Crippen LogP contribution in [0.5, 0.6) is 11.5 Å². The van der Waals surface area contributed by atoms with E-state index in [9.17, 15) is 39.4 Å². The van der Waals surface area contributed by atoms with Gasteiger partial charge in [-0.3, -0.25) is 39.4 Å². The largest absolute Gasteiger partial charge is 0.469 e. The minimum absolute atomic E-state index is 0.0455. The van der Waals surface area contributed by atoms with Crippen LogP contribution in [0.15, 0.2) is 36.4 Å². The van der Waals surface area contributed by atoms with Crippen molar-refractivity contribution in [3.8, 4) is 11.5 Å². The summed E-state index contributed by atoms with van der Waals surface area (Å²) in [6.07, 6.45) is -0.961. The summed E-state index contributed by atoms with van der Waals surface area (Å²) in [7, 11) is 1.20. The summed E-state index contributed by atoms with van der Waals surface area (Å²) in [6, 6.07) is 6.95. The lowest BCUT2D eigenvalue weighted by molar-refractivity contribution is -0.386. The van der Waals surface area contributed by atoms with E-state index in [0.717, 1.165) is 18.2 Å². The highest BCUT2D eigenvalue weighted by Crippen LogP contribution is 2.46. The van der Waals surface area contributed by atoms with Crippen LogP contribution in [0.4, 0.5) is 11.4 Å². The molecule has 3 rings (SSSR count). The third-order valence-electron chi connectivity index (χ3n) is 7.93. The van der Waals surface area contributed by atoms with Crippen molar-refractivity contribution < 1.29 is 52.7 Å². The number of methoxy groups -OCH3 is 1. The molecule has 1 heterocycles. The fourth-order valence-corrected chi connectivity index (χ4v) is 5.54. The van der Waals surface area contributed by atoms with Gasteiger partial charge in [-0.15, -0.1) is 0 Å². The predicted octanol–water partition coefficient (Wildman–Crippen LogP) is 5.27. The molecule has 2 unspecified atom stereocenters. The molecule has 1 fully saturated rings. The molecule has 0 bridgehead atoms. The van der Waals surface area contributed by atoms with Crippen LogP contribution < -0.4 is 9.47 Å². The lowest BCUT2D eigenvalue weighted by Gasteiger charge is -2.39. The number of nitrogens with zero attached hydrogens (tertiary/aromatic N) is 2. The summed E-state index contributed by atoms with van der Waals surface area (Å²) in [5, 5.41) is 22.8. The molecule has 2 atom stereocenters. The SMILES string of the molecule is CCC(C)(CC(C)(CC(C)(C)C(=O)OC)C(=O)Oc1ccc([N+](=O)[O-])c(C2OCCO2)c1)C(=O)Oc1ccc([N+](=O)[O-])c(C=O)c1. The summed E-state index contributed by atoms with van der Waals surface area (Å²) in [5.41, 5.74) is -5.17. The number of hydrogen-bond donors (Lipinski definition) is 0. The van der Waals surface area contributed by atoms with E-state index in [0.29, 0.717) is 0 Å². The molecule has 0 aromatic heterocycles. The van der Waals surface area contributed by atoms with Gasteiger partial charge in [0.05, 0.1) is 57.5 Å². The number of rotatable bonds is 14. The average Bonchev–Trinajstić information content (AvgIpc) is 3.55. The van der Waals surface area contributed by atoms with E-state index in [1.54, 1.807) is 27.7 Å². The lowest BCUT2D eigenvalue weighted by atomic mass is 9.65. The first kappa shape index (κ1) is 35.7. The van der Waals surface area contributed by atoms with Crippen molar-refractivity contribution >= 4 is 35.6 Å². The van der Waals surface area contributed by atoms with Crippen molar-refractivity contribution in [1.82, 2.24) is 0 Å². The van der Waals surface area contributed by atoms with Gasteiger partial charge in [-0.1, -0.05) is 6.92 Å². The second kappa shape index (κ2) is 14.1. The maximum absolute atomic E-state index is 14.0. The maximum atomic E-state index is 14.0. The van der Waals surface area contributed by atoms with Gasteiger partial charge in [0.1, 0.15) is 11.5 Å². The smallest absolute Gasteiger partial charge is 0.317 e. The number of nitro benzene ring substituents is 2. The van der Waals surface area contributed by atoms with E-state index in [1.807, 2.05) is 0 Å². The summed E-state index contributed by atoms with van der Waals surface area (Å²) in [6.45, 7) is 8.34. The number of ether oxygens (including phenoxy) is 5. The van der Waals surface area contributed by atoms with Crippen molar-refractivity contribution in [2.24, 2.45) is 16.2 Å². The number of nitro groups is 2. The Balaban J connectivity index is 1.99. The number of aldehydes is 1. The summed E-state index contributed by atoms with van der Waals surface area (Å²) < 4.78 is 27.1. The number of benzene rings is 2. The van der Waals surface area contributed by atoms with Gasteiger partial charge in [0.15, 0.2) is 12.6 Å². The minimum atomic E-state index is -1.55. The molecule has 0 amide bonds. The Hall–Kier alpha value is -4.76. The van der Waals surface area contributed by atoms with Crippen molar-refractivity contribution in [3.05, 3.63) is 67.8 Å². The fraction of sp³-hybridized carbons (Fsp3) is 0.484. The van der Waals surface area contributed by atoms with Gasteiger partial charge in [-0.2, -0.15) is 0 Å². The van der Waals surface area contributed by atoms with Crippen molar-refractivity contribution in [2.45, 2.75) is 60.2 Å². The van der Waals surface area contributed by atoms with Crippen LogP contribution in [0.2, 0.25) is 0 Å². The van der Waals surface area contributed by atoms with E-state index in [2.05, 4.69) is 0 Å². The number of hydrogen-bond acceptors (Lipinski definition) is 13. The molecule has 1 aliphatic rings. The second-order valence-electron chi connectivity index (χ2n) is 12.1. The first-order chi connectivity index (χ1) is 21.5. The number of carbonyl (C=O) groups is 4. The van der Waals surface area contributed by atoms with E-state index >= 15 is 0 Å². The van der Waals surface area contributed by atoms with Crippen molar-refractivity contribution in [3.63, 3.8) is 0 Å². The highest BCUT2D eigenvalue weighted by Gasteiger charge is 2.50. The first-order valence-electron chi connectivity index (χ1n) is 14.3. The Bertz CT molecular complexity index is 1530. The van der Waals surface area contributed by atoms with Crippen LogP contribution in [0.25, 0.3) is 0 Å². The molecule has 0 aliphatic carbocycles. The Kier molecular flexibility index (Phi) is 11.0. The number of esters is 3. The molecular formula is C31H36N2O13. The zero-order chi connectivity index (χ0) is 34.4. The van der Waals surface area contributed by atoms with Gasteiger partial charge in [0.2, 0.25) is 0 Å². The van der Waals surface area contributed by atoms with E-state index in [-0.39, 0.29) is 67.1 Å². The van der Waals surface area contributed by atoms with Crippen LogP contribution in [0.1, 0.15) is 76.1 Å². The zero-order valence-corrected chi connectivity index (χ0v) is 26.4. The molecular weight excluding hydrogens is 608 g/mol. The third kappa shape index (κ3) is 7.90. The molecule has 0 spiro atoms. The molecule has 0 N–H and O–H groups in total. The van der Waals surface area contributed by atoms with Gasteiger partial charge in [0, 0.05) is 12.1 Å². The quantitative estimate of drug-likeness (QED) is 0.0846. The highest BCUT2D eigenvalue weighted by molar-refractivity contribution is 5.86. The normalized spacial score (nSPS) is 16.0. The van der Waals surface area contributed by atoms with Gasteiger partial charge in [0.25, 0.3) is 11.4 Å². The highest BCUT2D eigenvalue weighted by atomic mass is 16.7. The molecule has 15 nitrogen and oxygen atoms in total. The molecule has 248 valence electrons.